The lowest BCUT2D eigenvalue weighted by Crippen LogP contribution is -2.49. The third-order valence-corrected chi connectivity index (χ3v) is 5.72. The van der Waals surface area contributed by atoms with Gasteiger partial charge in [0.05, 0.1) is 11.9 Å². The van der Waals surface area contributed by atoms with Gasteiger partial charge in [0, 0.05) is 12.2 Å². The number of amides is 1. The monoisotopic (exact) mass is 358 g/mol. The zero-order chi connectivity index (χ0) is 18.2. The Balaban J connectivity index is 1.96. The molecule has 0 spiro atoms. The molecule has 0 saturated heterocycles. The van der Waals surface area contributed by atoms with Gasteiger partial charge in [-0.2, -0.15) is 0 Å². The zero-order valence-electron chi connectivity index (χ0n) is 14.6. The van der Waals surface area contributed by atoms with E-state index in [1.807, 2.05) is 37.3 Å². The Morgan fingerprint density at radius 2 is 1.88 bits per heavy atom. The van der Waals surface area contributed by atoms with Crippen molar-refractivity contribution in [3.8, 4) is 0 Å². The molecule has 1 aliphatic heterocycles. The van der Waals surface area contributed by atoms with Crippen molar-refractivity contribution in [1.29, 1.82) is 0 Å². The van der Waals surface area contributed by atoms with Gasteiger partial charge in [0.2, 0.25) is 10.0 Å². The number of anilines is 2. The van der Waals surface area contributed by atoms with E-state index in [4.69, 9.17) is 0 Å². The maximum atomic E-state index is 13.1. The molecule has 1 amide bonds. The van der Waals surface area contributed by atoms with E-state index in [1.165, 1.54) is 4.31 Å². The van der Waals surface area contributed by atoms with Gasteiger partial charge in [-0.3, -0.25) is 9.10 Å². The van der Waals surface area contributed by atoms with Gasteiger partial charge < -0.3 is 4.90 Å². The summed E-state index contributed by atoms with van der Waals surface area (Å²) in [6, 6.07) is 14.1. The van der Waals surface area contributed by atoms with Crippen molar-refractivity contribution in [2.24, 2.45) is 0 Å². The number of fused-ring (bicyclic) bond motifs is 1. The number of carbonyl (C=O) groups is 1. The van der Waals surface area contributed by atoms with Crippen LogP contribution in [0.2, 0.25) is 0 Å². The van der Waals surface area contributed by atoms with E-state index in [0.29, 0.717) is 12.2 Å². The van der Waals surface area contributed by atoms with E-state index in [1.54, 1.807) is 30.0 Å². The Morgan fingerprint density at radius 1 is 1.16 bits per heavy atom. The minimum absolute atomic E-state index is 0.211. The van der Waals surface area contributed by atoms with Crippen molar-refractivity contribution in [1.82, 2.24) is 0 Å². The fraction of sp³-hybridized carbons (Fsp3) is 0.316. The Labute approximate surface area is 148 Å². The Morgan fingerprint density at radius 3 is 2.56 bits per heavy atom. The summed E-state index contributed by atoms with van der Waals surface area (Å²) in [7, 11) is -3.60. The lowest BCUT2D eigenvalue weighted by Gasteiger charge is -2.31. The molecule has 0 saturated carbocycles. The lowest BCUT2D eigenvalue weighted by molar-refractivity contribution is -0.119. The van der Waals surface area contributed by atoms with Crippen molar-refractivity contribution >= 4 is 27.3 Å². The zero-order valence-corrected chi connectivity index (χ0v) is 15.5. The van der Waals surface area contributed by atoms with Gasteiger partial charge in [-0.1, -0.05) is 30.3 Å². The standard InChI is InChI=1S/C19H22N2O3S/c1-14-7-6-9-17(13-14)21(25(3,23)24)15(2)19(22)20-12-11-16-8-4-5-10-18(16)20/h4-10,13,15H,11-12H2,1-3H3. The number of sulfonamides is 1. The van der Waals surface area contributed by atoms with Crippen molar-refractivity contribution in [3.05, 3.63) is 59.7 Å². The average Bonchev–Trinajstić information content (AvgIpc) is 2.97. The molecule has 2 aromatic rings. The summed E-state index contributed by atoms with van der Waals surface area (Å²) in [5, 5.41) is 0. The van der Waals surface area contributed by atoms with E-state index >= 15 is 0 Å². The maximum absolute atomic E-state index is 13.1. The molecule has 0 aromatic heterocycles. The fourth-order valence-electron chi connectivity index (χ4n) is 3.36. The average molecular weight is 358 g/mol. The Hall–Kier alpha value is -2.34. The first-order valence-corrected chi connectivity index (χ1v) is 10.1. The van der Waals surface area contributed by atoms with Crippen LogP contribution in [0.4, 0.5) is 11.4 Å². The van der Waals surface area contributed by atoms with Crippen LogP contribution in [0.1, 0.15) is 18.1 Å². The van der Waals surface area contributed by atoms with Crippen LogP contribution in [-0.2, 0) is 21.2 Å². The van der Waals surface area contributed by atoms with Crippen LogP contribution in [0.3, 0.4) is 0 Å². The summed E-state index contributed by atoms with van der Waals surface area (Å²) in [5.41, 5.74) is 3.44. The SMILES string of the molecule is Cc1cccc(N(C(C)C(=O)N2CCc3ccccc32)S(C)(=O)=O)c1. The Kier molecular flexibility index (Phi) is 4.56. The molecule has 0 fully saturated rings. The number of para-hydroxylation sites is 1. The molecule has 0 radical (unpaired) electrons. The molecule has 3 rings (SSSR count). The van der Waals surface area contributed by atoms with E-state index in [-0.39, 0.29) is 5.91 Å². The molecular weight excluding hydrogens is 336 g/mol. The number of carbonyl (C=O) groups excluding carboxylic acids is 1. The molecule has 1 aliphatic rings. The molecule has 0 bridgehead atoms. The highest BCUT2D eigenvalue weighted by atomic mass is 32.2. The smallest absolute Gasteiger partial charge is 0.250 e. The number of benzene rings is 2. The van der Waals surface area contributed by atoms with E-state index in [2.05, 4.69) is 0 Å². The molecule has 0 aliphatic carbocycles. The summed E-state index contributed by atoms with van der Waals surface area (Å²) in [4.78, 5) is 14.8. The third kappa shape index (κ3) is 3.39. The van der Waals surface area contributed by atoms with Crippen molar-refractivity contribution in [3.63, 3.8) is 0 Å². The van der Waals surface area contributed by atoms with Gasteiger partial charge >= 0.3 is 0 Å². The van der Waals surface area contributed by atoms with Gasteiger partial charge in [0.25, 0.3) is 5.91 Å². The highest BCUT2D eigenvalue weighted by Gasteiger charge is 2.34. The van der Waals surface area contributed by atoms with Crippen molar-refractivity contribution in [2.75, 3.05) is 22.0 Å². The van der Waals surface area contributed by atoms with Crippen LogP contribution in [0.25, 0.3) is 0 Å². The minimum Gasteiger partial charge on any atom is -0.310 e. The van der Waals surface area contributed by atoms with Crippen molar-refractivity contribution in [2.45, 2.75) is 26.3 Å². The van der Waals surface area contributed by atoms with Gasteiger partial charge in [0.15, 0.2) is 0 Å². The summed E-state index contributed by atoms with van der Waals surface area (Å²) >= 11 is 0. The maximum Gasteiger partial charge on any atom is 0.250 e. The van der Waals surface area contributed by atoms with Gasteiger partial charge in [-0.05, 0) is 49.6 Å². The van der Waals surface area contributed by atoms with Crippen LogP contribution >= 0.6 is 0 Å². The van der Waals surface area contributed by atoms with Crippen LogP contribution < -0.4 is 9.21 Å². The molecule has 6 heteroatoms. The largest absolute Gasteiger partial charge is 0.310 e. The van der Waals surface area contributed by atoms with Crippen LogP contribution in [0.5, 0.6) is 0 Å². The predicted molar refractivity (Wildman–Crippen MR) is 100 cm³/mol. The summed E-state index contributed by atoms with van der Waals surface area (Å²) in [6.45, 7) is 4.12. The molecule has 0 N–H and O–H groups in total. The first-order valence-electron chi connectivity index (χ1n) is 8.24. The summed E-state index contributed by atoms with van der Waals surface area (Å²) in [5.74, 6) is -0.211. The molecule has 2 aromatic carbocycles. The lowest BCUT2D eigenvalue weighted by atomic mass is 10.1. The second-order valence-electron chi connectivity index (χ2n) is 6.44. The summed E-state index contributed by atoms with van der Waals surface area (Å²) < 4.78 is 26.0. The van der Waals surface area contributed by atoms with Gasteiger partial charge in [0.1, 0.15) is 6.04 Å². The second kappa shape index (κ2) is 6.52. The van der Waals surface area contributed by atoms with Crippen molar-refractivity contribution < 1.29 is 13.2 Å². The number of nitrogens with zero attached hydrogens (tertiary/aromatic N) is 2. The highest BCUT2D eigenvalue weighted by molar-refractivity contribution is 7.92. The number of hydrogen-bond donors (Lipinski definition) is 0. The number of hydrogen-bond acceptors (Lipinski definition) is 3. The quantitative estimate of drug-likeness (QED) is 0.844. The summed E-state index contributed by atoms with van der Waals surface area (Å²) in [6.07, 6.45) is 1.93. The molecule has 1 heterocycles. The van der Waals surface area contributed by atoms with Crippen LogP contribution in [-0.4, -0.2) is 33.2 Å². The predicted octanol–water partition coefficient (Wildman–Crippen LogP) is 2.74. The molecule has 132 valence electrons. The van der Waals surface area contributed by atoms with E-state index in [0.717, 1.165) is 29.5 Å². The van der Waals surface area contributed by atoms with Gasteiger partial charge in [-0.15, -0.1) is 0 Å². The molecule has 1 atom stereocenters. The fourth-order valence-corrected chi connectivity index (χ4v) is 4.52. The first-order chi connectivity index (χ1) is 11.8. The van der Waals surface area contributed by atoms with Crippen LogP contribution in [0, 0.1) is 6.92 Å². The normalized spacial score (nSPS) is 14.9. The molecule has 1 unspecified atom stereocenters. The first kappa shape index (κ1) is 17.5. The third-order valence-electron chi connectivity index (χ3n) is 4.48. The van der Waals surface area contributed by atoms with E-state index in [9.17, 15) is 13.2 Å². The second-order valence-corrected chi connectivity index (χ2v) is 8.30. The molecular formula is C19H22N2O3S. The minimum atomic E-state index is -3.60. The highest BCUT2D eigenvalue weighted by Crippen LogP contribution is 2.30. The number of rotatable bonds is 4. The van der Waals surface area contributed by atoms with E-state index < -0.39 is 16.1 Å². The Bertz CT molecular complexity index is 908. The topological polar surface area (TPSA) is 57.7 Å². The molecule has 5 nitrogen and oxygen atoms in total. The number of aryl methyl sites for hydroxylation is 1. The van der Waals surface area contributed by atoms with Gasteiger partial charge in [-0.25, -0.2) is 8.42 Å². The van der Waals surface area contributed by atoms with Crippen LogP contribution in [0.15, 0.2) is 48.5 Å². The molecule has 25 heavy (non-hydrogen) atoms.